The predicted octanol–water partition coefficient (Wildman–Crippen LogP) is 2.83. The zero-order valence-corrected chi connectivity index (χ0v) is 12.4. The van der Waals surface area contributed by atoms with Crippen molar-refractivity contribution in [3.8, 4) is 0 Å². The van der Waals surface area contributed by atoms with Gasteiger partial charge in [-0.25, -0.2) is 13.6 Å². The van der Waals surface area contributed by atoms with Crippen LogP contribution in [0.3, 0.4) is 0 Å². The lowest BCUT2D eigenvalue weighted by Gasteiger charge is -2.13. The van der Waals surface area contributed by atoms with Crippen LogP contribution in [0.2, 0.25) is 0 Å². The molecule has 0 spiro atoms. The van der Waals surface area contributed by atoms with Crippen molar-refractivity contribution in [1.82, 2.24) is 5.32 Å². The van der Waals surface area contributed by atoms with E-state index < -0.39 is 23.8 Å². The second-order valence-corrected chi connectivity index (χ2v) is 4.90. The van der Waals surface area contributed by atoms with Crippen LogP contribution < -0.4 is 5.32 Å². The van der Waals surface area contributed by atoms with Crippen molar-refractivity contribution in [2.45, 2.75) is 19.6 Å². The Kier molecular flexibility index (Phi) is 5.41. The maximum atomic E-state index is 12.8. The molecule has 0 fully saturated rings. The van der Waals surface area contributed by atoms with E-state index >= 15 is 0 Å². The molecule has 0 aliphatic rings. The molecular weight excluding hydrogens is 304 g/mol. The number of carbonyl (C=O) groups excluding carboxylic acids is 2. The number of halogens is 2. The number of carbonyl (C=O) groups is 2. The first-order valence-electron chi connectivity index (χ1n) is 6.94. The number of hydrogen-bond acceptors (Lipinski definition) is 3. The molecule has 1 amide bonds. The lowest BCUT2D eigenvalue weighted by atomic mass is 10.2. The van der Waals surface area contributed by atoms with Crippen molar-refractivity contribution in [3.05, 3.63) is 71.3 Å². The van der Waals surface area contributed by atoms with Gasteiger partial charge in [-0.15, -0.1) is 0 Å². The molecule has 2 aromatic rings. The van der Waals surface area contributed by atoms with Crippen molar-refractivity contribution < 1.29 is 23.1 Å². The highest BCUT2D eigenvalue weighted by molar-refractivity contribution is 5.92. The number of esters is 1. The third-order valence-electron chi connectivity index (χ3n) is 3.11. The summed E-state index contributed by atoms with van der Waals surface area (Å²) in [4.78, 5) is 23.7. The second kappa shape index (κ2) is 7.49. The third kappa shape index (κ3) is 4.88. The minimum Gasteiger partial charge on any atom is -0.449 e. The minimum absolute atomic E-state index is 0.157. The molecule has 0 bridgehead atoms. The van der Waals surface area contributed by atoms with E-state index in [2.05, 4.69) is 5.32 Å². The summed E-state index contributed by atoms with van der Waals surface area (Å²) in [5, 5.41) is 2.59. The maximum Gasteiger partial charge on any atom is 0.338 e. The predicted molar refractivity (Wildman–Crippen MR) is 79.5 cm³/mol. The Bertz CT molecular complexity index is 684. The Hall–Kier alpha value is -2.76. The minimum atomic E-state index is -1.01. The highest BCUT2D eigenvalue weighted by Gasteiger charge is 2.18. The summed E-state index contributed by atoms with van der Waals surface area (Å²) in [6.45, 7) is 1.62. The Morgan fingerprint density at radius 2 is 1.52 bits per heavy atom. The Balaban J connectivity index is 1.85. The summed E-state index contributed by atoms with van der Waals surface area (Å²) in [7, 11) is 0. The molecule has 1 unspecified atom stereocenters. The molecule has 1 N–H and O–H groups in total. The van der Waals surface area contributed by atoms with Crippen LogP contribution in [0.1, 0.15) is 22.8 Å². The van der Waals surface area contributed by atoms with Gasteiger partial charge in [-0.1, -0.05) is 12.1 Å². The SMILES string of the molecule is CC(OC(=O)c1ccc(F)cc1)C(=O)NCc1ccc(F)cc1. The molecule has 0 radical (unpaired) electrons. The van der Waals surface area contributed by atoms with E-state index in [-0.39, 0.29) is 17.9 Å². The van der Waals surface area contributed by atoms with Gasteiger partial charge in [0.15, 0.2) is 6.10 Å². The molecule has 0 aliphatic carbocycles. The standard InChI is InChI=1S/C17H15F2NO3/c1-11(23-17(22)13-4-8-15(19)9-5-13)16(21)20-10-12-2-6-14(18)7-3-12/h2-9,11H,10H2,1H3,(H,20,21). The average molecular weight is 319 g/mol. The third-order valence-corrected chi connectivity index (χ3v) is 3.11. The number of nitrogens with one attached hydrogen (secondary N) is 1. The van der Waals surface area contributed by atoms with Crippen LogP contribution in [0.4, 0.5) is 8.78 Å². The molecule has 1 atom stereocenters. The van der Waals surface area contributed by atoms with Gasteiger partial charge >= 0.3 is 5.97 Å². The first-order valence-corrected chi connectivity index (χ1v) is 6.94. The van der Waals surface area contributed by atoms with Gasteiger partial charge in [0.25, 0.3) is 5.91 Å². The van der Waals surface area contributed by atoms with Gasteiger partial charge in [0.1, 0.15) is 11.6 Å². The van der Waals surface area contributed by atoms with Gasteiger partial charge in [0, 0.05) is 6.54 Å². The van der Waals surface area contributed by atoms with Gasteiger partial charge in [0.2, 0.25) is 0 Å². The zero-order valence-electron chi connectivity index (χ0n) is 12.4. The van der Waals surface area contributed by atoms with Crippen LogP contribution in [0, 0.1) is 11.6 Å². The van der Waals surface area contributed by atoms with E-state index in [9.17, 15) is 18.4 Å². The van der Waals surface area contributed by atoms with E-state index in [4.69, 9.17) is 4.74 Å². The zero-order chi connectivity index (χ0) is 16.8. The second-order valence-electron chi connectivity index (χ2n) is 4.90. The summed E-state index contributed by atoms with van der Waals surface area (Å²) in [6.07, 6.45) is -1.01. The lowest BCUT2D eigenvalue weighted by molar-refractivity contribution is -0.129. The van der Waals surface area contributed by atoms with Crippen LogP contribution in [0.25, 0.3) is 0 Å². The molecule has 0 aliphatic heterocycles. The summed E-state index contributed by atoms with van der Waals surface area (Å²) in [5.74, 6) is -2.02. The molecule has 0 saturated heterocycles. The van der Waals surface area contributed by atoms with E-state index in [1.807, 2.05) is 0 Å². The summed E-state index contributed by atoms with van der Waals surface area (Å²) < 4.78 is 30.6. The van der Waals surface area contributed by atoms with Crippen LogP contribution in [-0.4, -0.2) is 18.0 Å². The molecule has 6 heteroatoms. The van der Waals surface area contributed by atoms with Crippen molar-refractivity contribution in [1.29, 1.82) is 0 Å². The van der Waals surface area contributed by atoms with Gasteiger partial charge in [0.05, 0.1) is 5.56 Å². The molecule has 0 saturated carbocycles. The molecule has 120 valence electrons. The number of benzene rings is 2. The molecule has 2 rings (SSSR count). The lowest BCUT2D eigenvalue weighted by Crippen LogP contribution is -2.35. The highest BCUT2D eigenvalue weighted by Crippen LogP contribution is 2.07. The molecule has 2 aromatic carbocycles. The molecule has 23 heavy (non-hydrogen) atoms. The quantitative estimate of drug-likeness (QED) is 0.862. The molecule has 0 heterocycles. The Morgan fingerprint density at radius 3 is 2.09 bits per heavy atom. The van der Waals surface area contributed by atoms with Crippen molar-refractivity contribution in [2.75, 3.05) is 0 Å². The van der Waals surface area contributed by atoms with Crippen LogP contribution in [0.15, 0.2) is 48.5 Å². The normalized spacial score (nSPS) is 11.6. The van der Waals surface area contributed by atoms with Crippen LogP contribution in [0.5, 0.6) is 0 Å². The fourth-order valence-electron chi connectivity index (χ4n) is 1.80. The van der Waals surface area contributed by atoms with Gasteiger partial charge in [-0.3, -0.25) is 4.79 Å². The van der Waals surface area contributed by atoms with E-state index in [1.54, 1.807) is 12.1 Å². The van der Waals surface area contributed by atoms with Crippen molar-refractivity contribution in [3.63, 3.8) is 0 Å². The summed E-state index contributed by atoms with van der Waals surface area (Å²) in [5.41, 5.74) is 0.876. The smallest absolute Gasteiger partial charge is 0.338 e. The maximum absolute atomic E-state index is 12.8. The van der Waals surface area contributed by atoms with Crippen LogP contribution >= 0.6 is 0 Å². The summed E-state index contributed by atoms with van der Waals surface area (Å²) in [6, 6.07) is 10.5. The average Bonchev–Trinajstić information content (AvgIpc) is 2.54. The Morgan fingerprint density at radius 1 is 1.00 bits per heavy atom. The van der Waals surface area contributed by atoms with Crippen LogP contribution in [-0.2, 0) is 16.1 Å². The summed E-state index contributed by atoms with van der Waals surface area (Å²) >= 11 is 0. The number of hydrogen-bond donors (Lipinski definition) is 1. The van der Waals surface area contributed by atoms with E-state index in [1.165, 1.54) is 31.2 Å². The monoisotopic (exact) mass is 319 g/mol. The molecular formula is C17H15F2NO3. The van der Waals surface area contributed by atoms with Gasteiger partial charge in [-0.05, 0) is 48.9 Å². The fraction of sp³-hybridized carbons (Fsp3) is 0.176. The van der Waals surface area contributed by atoms with Crippen molar-refractivity contribution >= 4 is 11.9 Å². The number of rotatable bonds is 5. The number of ether oxygens (including phenoxy) is 1. The van der Waals surface area contributed by atoms with E-state index in [0.29, 0.717) is 0 Å². The fourth-order valence-corrected chi connectivity index (χ4v) is 1.80. The van der Waals surface area contributed by atoms with Gasteiger partial charge in [-0.2, -0.15) is 0 Å². The molecule has 4 nitrogen and oxygen atoms in total. The first-order chi connectivity index (χ1) is 11.0. The first kappa shape index (κ1) is 16.6. The Labute approximate surface area is 132 Å². The molecule has 0 aromatic heterocycles. The van der Waals surface area contributed by atoms with E-state index in [0.717, 1.165) is 17.7 Å². The largest absolute Gasteiger partial charge is 0.449 e. The van der Waals surface area contributed by atoms with Gasteiger partial charge < -0.3 is 10.1 Å². The highest BCUT2D eigenvalue weighted by atomic mass is 19.1. The number of amides is 1. The topological polar surface area (TPSA) is 55.4 Å². The van der Waals surface area contributed by atoms with Crippen molar-refractivity contribution in [2.24, 2.45) is 0 Å².